The Morgan fingerprint density at radius 2 is 1.93 bits per heavy atom. The Kier molecular flexibility index (Phi) is 5.36. The third-order valence-electron chi connectivity index (χ3n) is 4.21. The van der Waals surface area contributed by atoms with Gasteiger partial charge in [-0.05, 0) is 38.5 Å². The number of fused-ring (bicyclic) bond motifs is 1. The number of ether oxygens (including phenoxy) is 2. The Bertz CT molecular complexity index is 859. The number of thioether (sulfide) groups is 1. The minimum absolute atomic E-state index is 0.109. The minimum Gasteiger partial charge on any atom is -0.463 e. The lowest BCUT2D eigenvalue weighted by atomic mass is 9.94. The molecule has 1 saturated heterocycles. The van der Waals surface area contributed by atoms with Crippen molar-refractivity contribution in [3.8, 4) is 5.75 Å². The summed E-state index contributed by atoms with van der Waals surface area (Å²) < 4.78 is 10.3. The molecule has 0 radical (unpaired) electrons. The van der Waals surface area contributed by atoms with Crippen LogP contribution in [0.25, 0.3) is 0 Å². The van der Waals surface area contributed by atoms with E-state index in [0.717, 1.165) is 0 Å². The molecule has 0 unspecified atom stereocenters. The summed E-state index contributed by atoms with van der Waals surface area (Å²) in [5.74, 6) is -0.631. The third kappa shape index (κ3) is 3.62. The maximum atomic E-state index is 12.7. The van der Waals surface area contributed by atoms with Crippen LogP contribution in [0.2, 0.25) is 0 Å². The molecule has 2 atom stereocenters. The molecule has 2 heterocycles. The summed E-state index contributed by atoms with van der Waals surface area (Å²) in [7, 11) is 0. The molecule has 0 spiro atoms. The first kappa shape index (κ1) is 19.2. The fourth-order valence-electron chi connectivity index (χ4n) is 3.07. The lowest BCUT2D eigenvalue weighted by molar-refractivity contribution is -0.139. The average Bonchev–Trinajstić information content (AvgIpc) is 2.88. The van der Waals surface area contributed by atoms with Crippen LogP contribution in [0, 0.1) is 0 Å². The van der Waals surface area contributed by atoms with Gasteiger partial charge in [0.1, 0.15) is 5.75 Å². The largest absolute Gasteiger partial charge is 0.463 e. The zero-order valence-electron chi connectivity index (χ0n) is 15.5. The first-order valence-electron chi connectivity index (χ1n) is 8.58. The standard InChI is InChI=1S/C19H20N2O5S/c1-5-25-18(24)15-10(2)20-19-21(17(23)11(3)27-19)16(15)13-6-8-14(9-7-13)26-12(4)22/h6-9,11,16H,5H2,1-4H3/t11-,16-/m0/s1. The van der Waals surface area contributed by atoms with Crippen LogP contribution < -0.4 is 4.74 Å². The van der Waals surface area contributed by atoms with Crippen molar-refractivity contribution in [3.63, 3.8) is 0 Å². The second kappa shape index (κ2) is 7.56. The summed E-state index contributed by atoms with van der Waals surface area (Å²) in [5, 5.41) is 0.299. The maximum absolute atomic E-state index is 12.7. The second-order valence-corrected chi connectivity index (χ2v) is 7.46. The predicted molar refractivity (Wildman–Crippen MR) is 101 cm³/mol. The van der Waals surface area contributed by atoms with E-state index in [9.17, 15) is 14.4 Å². The number of carbonyl (C=O) groups excluding carboxylic acids is 3. The molecule has 1 aromatic rings. The zero-order chi connectivity index (χ0) is 19.7. The highest BCUT2D eigenvalue weighted by Gasteiger charge is 2.46. The molecule has 2 aliphatic heterocycles. The van der Waals surface area contributed by atoms with Gasteiger partial charge in [-0.15, -0.1) is 0 Å². The van der Waals surface area contributed by atoms with E-state index in [-0.39, 0.29) is 17.8 Å². The van der Waals surface area contributed by atoms with Crippen LogP contribution >= 0.6 is 11.8 Å². The molecule has 2 aliphatic rings. The van der Waals surface area contributed by atoms with Crippen LogP contribution in [0.3, 0.4) is 0 Å². The number of benzene rings is 1. The molecule has 27 heavy (non-hydrogen) atoms. The van der Waals surface area contributed by atoms with E-state index < -0.39 is 18.0 Å². The summed E-state index contributed by atoms with van der Waals surface area (Å²) in [5.41, 5.74) is 1.58. The van der Waals surface area contributed by atoms with Gasteiger partial charge in [-0.3, -0.25) is 14.5 Å². The van der Waals surface area contributed by atoms with E-state index in [4.69, 9.17) is 9.47 Å². The van der Waals surface area contributed by atoms with Gasteiger partial charge >= 0.3 is 11.9 Å². The topological polar surface area (TPSA) is 85.3 Å². The van der Waals surface area contributed by atoms with Crippen molar-refractivity contribution in [2.24, 2.45) is 4.99 Å². The van der Waals surface area contributed by atoms with E-state index in [1.54, 1.807) is 43.0 Å². The fraction of sp³-hybridized carbons (Fsp3) is 0.368. The van der Waals surface area contributed by atoms with Crippen molar-refractivity contribution in [2.45, 2.75) is 39.0 Å². The van der Waals surface area contributed by atoms with E-state index in [0.29, 0.717) is 27.8 Å². The molecule has 1 amide bonds. The van der Waals surface area contributed by atoms with Gasteiger partial charge in [-0.2, -0.15) is 0 Å². The van der Waals surface area contributed by atoms with Crippen LogP contribution in [0.1, 0.15) is 39.3 Å². The van der Waals surface area contributed by atoms with Gasteiger partial charge in [-0.25, -0.2) is 9.79 Å². The average molecular weight is 388 g/mol. The number of allylic oxidation sites excluding steroid dienone is 1. The molecule has 0 aliphatic carbocycles. The molecule has 0 saturated carbocycles. The van der Waals surface area contributed by atoms with Gasteiger partial charge in [0, 0.05) is 6.92 Å². The fourth-order valence-corrected chi connectivity index (χ4v) is 4.10. The summed E-state index contributed by atoms with van der Waals surface area (Å²) in [6.07, 6.45) is 0. The highest BCUT2D eigenvalue weighted by Crippen LogP contribution is 2.43. The van der Waals surface area contributed by atoms with Crippen LogP contribution in [0.15, 0.2) is 40.5 Å². The molecular formula is C19H20N2O5S. The monoisotopic (exact) mass is 388 g/mol. The Balaban J connectivity index is 2.06. The smallest absolute Gasteiger partial charge is 0.338 e. The zero-order valence-corrected chi connectivity index (χ0v) is 16.3. The number of esters is 2. The molecule has 3 rings (SSSR count). The van der Waals surface area contributed by atoms with Crippen molar-refractivity contribution < 1.29 is 23.9 Å². The molecule has 1 aromatic carbocycles. The van der Waals surface area contributed by atoms with Gasteiger partial charge in [-0.1, -0.05) is 23.9 Å². The Hall–Kier alpha value is -2.61. The van der Waals surface area contributed by atoms with Gasteiger partial charge in [0.2, 0.25) is 5.91 Å². The van der Waals surface area contributed by atoms with E-state index in [1.807, 2.05) is 6.92 Å². The highest BCUT2D eigenvalue weighted by molar-refractivity contribution is 8.15. The summed E-state index contributed by atoms with van der Waals surface area (Å²) in [6.45, 7) is 6.83. The minimum atomic E-state index is -0.632. The molecule has 0 bridgehead atoms. The van der Waals surface area contributed by atoms with E-state index in [2.05, 4.69) is 4.99 Å². The molecule has 7 nitrogen and oxygen atoms in total. The first-order chi connectivity index (χ1) is 12.8. The first-order valence-corrected chi connectivity index (χ1v) is 9.46. The summed E-state index contributed by atoms with van der Waals surface area (Å²) >= 11 is 1.37. The molecule has 0 N–H and O–H groups in total. The number of amidine groups is 1. The Morgan fingerprint density at radius 3 is 2.52 bits per heavy atom. The number of hydrogen-bond acceptors (Lipinski definition) is 7. The lowest BCUT2D eigenvalue weighted by Crippen LogP contribution is -2.40. The Morgan fingerprint density at radius 1 is 1.26 bits per heavy atom. The predicted octanol–water partition coefficient (Wildman–Crippen LogP) is 2.82. The summed E-state index contributed by atoms with van der Waals surface area (Å²) in [6, 6.07) is 6.11. The third-order valence-corrected chi connectivity index (χ3v) is 5.26. The SMILES string of the molecule is CCOC(=O)C1=C(C)N=C2S[C@@H](C)C(=O)N2[C@H]1c1ccc(OC(C)=O)cc1. The van der Waals surface area contributed by atoms with Crippen molar-refractivity contribution in [1.29, 1.82) is 0 Å². The summed E-state index contributed by atoms with van der Waals surface area (Å²) in [4.78, 5) is 42.5. The molecule has 0 aromatic heterocycles. The van der Waals surface area contributed by atoms with Crippen molar-refractivity contribution in [3.05, 3.63) is 41.1 Å². The van der Waals surface area contributed by atoms with Crippen LogP contribution in [0.4, 0.5) is 0 Å². The maximum Gasteiger partial charge on any atom is 0.338 e. The number of amides is 1. The van der Waals surface area contributed by atoms with Gasteiger partial charge in [0.15, 0.2) is 5.17 Å². The van der Waals surface area contributed by atoms with Crippen LogP contribution in [-0.2, 0) is 19.1 Å². The van der Waals surface area contributed by atoms with E-state index in [1.165, 1.54) is 18.7 Å². The van der Waals surface area contributed by atoms with Crippen molar-refractivity contribution >= 4 is 34.8 Å². The highest BCUT2D eigenvalue weighted by atomic mass is 32.2. The molecular weight excluding hydrogens is 368 g/mol. The van der Waals surface area contributed by atoms with Crippen LogP contribution in [0.5, 0.6) is 5.75 Å². The van der Waals surface area contributed by atoms with E-state index >= 15 is 0 Å². The number of hydrogen-bond donors (Lipinski definition) is 0. The van der Waals surface area contributed by atoms with Gasteiger partial charge in [0.25, 0.3) is 0 Å². The van der Waals surface area contributed by atoms with Gasteiger partial charge in [0.05, 0.1) is 29.2 Å². The number of rotatable bonds is 4. The lowest BCUT2D eigenvalue weighted by Gasteiger charge is -2.33. The second-order valence-electron chi connectivity index (χ2n) is 6.15. The molecule has 142 valence electrons. The number of nitrogens with zero attached hydrogens (tertiary/aromatic N) is 2. The normalized spacial score (nSPS) is 21.7. The van der Waals surface area contributed by atoms with Crippen molar-refractivity contribution in [1.82, 2.24) is 4.90 Å². The molecule has 1 fully saturated rings. The quantitative estimate of drug-likeness (QED) is 0.582. The Labute approximate surface area is 161 Å². The van der Waals surface area contributed by atoms with Crippen LogP contribution in [-0.4, -0.2) is 39.8 Å². The number of aliphatic imine (C=N–C) groups is 1. The number of carbonyl (C=O) groups is 3. The molecule has 8 heteroatoms. The van der Waals surface area contributed by atoms with Gasteiger partial charge < -0.3 is 9.47 Å². The van der Waals surface area contributed by atoms with Crippen molar-refractivity contribution in [2.75, 3.05) is 6.61 Å².